The number of methoxy groups -OCH3 is 1. The highest BCUT2D eigenvalue weighted by atomic mass is 16.7. The summed E-state index contributed by atoms with van der Waals surface area (Å²) >= 11 is 0. The number of hydrogen-bond donors (Lipinski definition) is 1. The number of anilines is 1. The molecule has 0 aliphatic carbocycles. The van der Waals surface area contributed by atoms with Gasteiger partial charge in [0.2, 0.25) is 6.79 Å². The highest BCUT2D eigenvalue weighted by Crippen LogP contribution is 2.35. The van der Waals surface area contributed by atoms with E-state index in [4.69, 9.17) is 14.2 Å². The van der Waals surface area contributed by atoms with E-state index in [9.17, 15) is 9.59 Å². The molecule has 0 saturated heterocycles. The fourth-order valence-electron chi connectivity index (χ4n) is 3.14. The average molecular weight is 407 g/mol. The summed E-state index contributed by atoms with van der Waals surface area (Å²) in [6, 6.07) is 15.5. The molecule has 4 rings (SSSR count). The van der Waals surface area contributed by atoms with Crippen molar-refractivity contribution < 1.29 is 19.0 Å². The molecular formula is C22H21N3O5. The second-order valence-corrected chi connectivity index (χ2v) is 7.25. The van der Waals surface area contributed by atoms with Crippen LogP contribution in [0.5, 0.6) is 17.2 Å². The third-order valence-electron chi connectivity index (χ3n) is 4.91. The second-order valence-electron chi connectivity index (χ2n) is 7.25. The average Bonchev–Trinajstić information content (AvgIpc) is 3.22. The van der Waals surface area contributed by atoms with Gasteiger partial charge in [-0.2, -0.15) is 5.10 Å². The number of fused-ring (bicyclic) bond motifs is 1. The molecule has 2 aromatic carbocycles. The van der Waals surface area contributed by atoms with Crippen molar-refractivity contribution in [3.8, 4) is 28.5 Å². The first-order valence-electron chi connectivity index (χ1n) is 9.35. The predicted molar refractivity (Wildman–Crippen MR) is 111 cm³/mol. The Morgan fingerprint density at radius 2 is 1.87 bits per heavy atom. The Labute approximate surface area is 173 Å². The SMILES string of the molecule is COc1ccccc1NC(=O)C(C)(C)n1nc(-c2ccc3c(c2)OCO3)ccc1=O. The minimum atomic E-state index is -1.26. The molecule has 0 unspecified atom stereocenters. The van der Waals surface area contributed by atoms with Crippen LogP contribution in [0.2, 0.25) is 0 Å². The molecule has 1 aliphatic rings. The molecule has 0 bridgehead atoms. The van der Waals surface area contributed by atoms with Crippen LogP contribution in [0.25, 0.3) is 11.3 Å². The highest BCUT2D eigenvalue weighted by Gasteiger charge is 2.33. The van der Waals surface area contributed by atoms with Gasteiger partial charge in [0.1, 0.15) is 11.3 Å². The fourth-order valence-corrected chi connectivity index (χ4v) is 3.14. The van der Waals surface area contributed by atoms with E-state index >= 15 is 0 Å². The van der Waals surface area contributed by atoms with Crippen molar-refractivity contribution in [2.24, 2.45) is 0 Å². The maximum atomic E-state index is 13.1. The number of amides is 1. The summed E-state index contributed by atoms with van der Waals surface area (Å²) in [5.41, 5.74) is 0.141. The van der Waals surface area contributed by atoms with Gasteiger partial charge in [-0.15, -0.1) is 0 Å². The number of para-hydroxylation sites is 2. The van der Waals surface area contributed by atoms with Gasteiger partial charge in [-0.05, 0) is 50.2 Å². The summed E-state index contributed by atoms with van der Waals surface area (Å²) < 4.78 is 17.2. The molecule has 1 aromatic heterocycles. The van der Waals surface area contributed by atoms with E-state index in [1.54, 1.807) is 56.3 Å². The summed E-state index contributed by atoms with van der Waals surface area (Å²) in [5, 5.41) is 7.28. The zero-order chi connectivity index (χ0) is 21.3. The molecular weight excluding hydrogens is 386 g/mol. The predicted octanol–water partition coefficient (Wildman–Crippen LogP) is 3.02. The Bertz CT molecular complexity index is 1170. The zero-order valence-electron chi connectivity index (χ0n) is 16.8. The van der Waals surface area contributed by atoms with Crippen molar-refractivity contribution in [1.29, 1.82) is 0 Å². The van der Waals surface area contributed by atoms with Crippen LogP contribution < -0.4 is 25.1 Å². The largest absolute Gasteiger partial charge is 0.495 e. The van der Waals surface area contributed by atoms with Crippen LogP contribution in [0.1, 0.15) is 13.8 Å². The van der Waals surface area contributed by atoms with Crippen LogP contribution in [0.15, 0.2) is 59.4 Å². The van der Waals surface area contributed by atoms with Gasteiger partial charge in [0, 0.05) is 11.6 Å². The number of ether oxygens (including phenoxy) is 3. The Morgan fingerprint density at radius 1 is 1.10 bits per heavy atom. The lowest BCUT2D eigenvalue weighted by Gasteiger charge is -2.25. The summed E-state index contributed by atoms with van der Waals surface area (Å²) in [6.45, 7) is 3.44. The van der Waals surface area contributed by atoms with Crippen molar-refractivity contribution in [3.63, 3.8) is 0 Å². The van der Waals surface area contributed by atoms with Gasteiger partial charge in [-0.25, -0.2) is 4.68 Å². The molecule has 0 spiro atoms. The van der Waals surface area contributed by atoms with Crippen molar-refractivity contribution >= 4 is 11.6 Å². The lowest BCUT2D eigenvalue weighted by atomic mass is 10.0. The Morgan fingerprint density at radius 3 is 2.67 bits per heavy atom. The molecule has 1 N–H and O–H groups in total. The quantitative estimate of drug-likeness (QED) is 0.699. The normalized spacial score (nSPS) is 12.5. The third kappa shape index (κ3) is 3.47. The van der Waals surface area contributed by atoms with Crippen LogP contribution in [-0.2, 0) is 10.3 Å². The van der Waals surface area contributed by atoms with Gasteiger partial charge in [-0.1, -0.05) is 12.1 Å². The van der Waals surface area contributed by atoms with Crippen molar-refractivity contribution in [1.82, 2.24) is 9.78 Å². The number of nitrogens with one attached hydrogen (secondary N) is 1. The van der Waals surface area contributed by atoms with Gasteiger partial charge < -0.3 is 19.5 Å². The van der Waals surface area contributed by atoms with E-state index in [2.05, 4.69) is 10.4 Å². The molecule has 8 nitrogen and oxygen atoms in total. The molecule has 1 amide bonds. The second kappa shape index (κ2) is 7.55. The van der Waals surface area contributed by atoms with Gasteiger partial charge in [0.25, 0.3) is 11.5 Å². The molecule has 0 atom stereocenters. The van der Waals surface area contributed by atoms with Gasteiger partial charge in [-0.3, -0.25) is 9.59 Å². The number of aromatic nitrogens is 2. The molecule has 0 radical (unpaired) electrons. The molecule has 1 aliphatic heterocycles. The minimum Gasteiger partial charge on any atom is -0.495 e. The van der Waals surface area contributed by atoms with Crippen LogP contribution >= 0.6 is 0 Å². The van der Waals surface area contributed by atoms with Crippen LogP contribution in [0.3, 0.4) is 0 Å². The van der Waals surface area contributed by atoms with E-state index in [1.807, 2.05) is 6.07 Å². The Hall–Kier alpha value is -3.81. The van der Waals surface area contributed by atoms with E-state index in [1.165, 1.54) is 17.9 Å². The van der Waals surface area contributed by atoms with Crippen LogP contribution in [0.4, 0.5) is 5.69 Å². The summed E-state index contributed by atoms with van der Waals surface area (Å²) in [4.78, 5) is 25.6. The zero-order valence-corrected chi connectivity index (χ0v) is 16.8. The molecule has 8 heteroatoms. The van der Waals surface area contributed by atoms with Gasteiger partial charge in [0.15, 0.2) is 11.5 Å². The smallest absolute Gasteiger partial charge is 0.267 e. The number of carbonyl (C=O) groups is 1. The standard InChI is InChI=1S/C22H21N3O5/c1-22(2,21(27)23-16-6-4-5-7-17(16)28-3)25-20(26)11-9-15(24-25)14-8-10-18-19(12-14)30-13-29-18/h4-12H,13H2,1-3H3,(H,23,27). The summed E-state index contributed by atoms with van der Waals surface area (Å²) in [5.74, 6) is 1.39. The van der Waals surface area contributed by atoms with Crippen LogP contribution in [-0.4, -0.2) is 29.6 Å². The first-order valence-corrected chi connectivity index (χ1v) is 9.35. The Balaban J connectivity index is 1.67. The Kier molecular flexibility index (Phi) is 4.91. The molecule has 3 aromatic rings. The lowest BCUT2D eigenvalue weighted by molar-refractivity contribution is -0.123. The monoisotopic (exact) mass is 407 g/mol. The number of nitrogens with zero attached hydrogens (tertiary/aromatic N) is 2. The van der Waals surface area contributed by atoms with Crippen molar-refractivity contribution in [2.75, 3.05) is 19.2 Å². The molecule has 0 fully saturated rings. The summed E-state index contributed by atoms with van der Waals surface area (Å²) in [6.07, 6.45) is 0. The molecule has 154 valence electrons. The van der Waals surface area contributed by atoms with Crippen LogP contribution in [0, 0.1) is 0 Å². The maximum Gasteiger partial charge on any atom is 0.267 e. The van der Waals surface area contributed by atoms with Crippen molar-refractivity contribution in [3.05, 3.63) is 65.0 Å². The molecule has 2 heterocycles. The first-order chi connectivity index (χ1) is 14.4. The number of hydrogen-bond acceptors (Lipinski definition) is 6. The summed E-state index contributed by atoms with van der Waals surface area (Å²) in [7, 11) is 1.52. The minimum absolute atomic E-state index is 0.169. The molecule has 0 saturated carbocycles. The van der Waals surface area contributed by atoms with Crippen molar-refractivity contribution in [2.45, 2.75) is 19.4 Å². The number of rotatable bonds is 5. The highest BCUT2D eigenvalue weighted by molar-refractivity contribution is 5.97. The first kappa shape index (κ1) is 19.5. The third-order valence-corrected chi connectivity index (χ3v) is 4.91. The van der Waals surface area contributed by atoms with E-state index in [-0.39, 0.29) is 12.4 Å². The van der Waals surface area contributed by atoms with E-state index < -0.39 is 11.4 Å². The lowest BCUT2D eigenvalue weighted by Crippen LogP contribution is -2.47. The fraction of sp³-hybridized carbons (Fsp3) is 0.227. The number of benzene rings is 2. The molecule has 30 heavy (non-hydrogen) atoms. The van der Waals surface area contributed by atoms with E-state index in [0.717, 1.165) is 5.56 Å². The topological polar surface area (TPSA) is 91.7 Å². The maximum absolute atomic E-state index is 13.1. The van der Waals surface area contributed by atoms with Gasteiger partial charge in [0.05, 0.1) is 18.5 Å². The van der Waals surface area contributed by atoms with Gasteiger partial charge >= 0.3 is 0 Å². The number of carbonyl (C=O) groups excluding carboxylic acids is 1. The van der Waals surface area contributed by atoms with E-state index in [0.29, 0.717) is 28.6 Å².